The predicted molar refractivity (Wildman–Crippen MR) is 59.0 cm³/mol. The van der Waals surface area contributed by atoms with Crippen molar-refractivity contribution in [2.45, 2.75) is 0 Å². The van der Waals surface area contributed by atoms with E-state index in [4.69, 9.17) is 10.8 Å². The van der Waals surface area contributed by atoms with E-state index in [1.54, 1.807) is 42.5 Å². The Morgan fingerprint density at radius 2 is 2.00 bits per heavy atom. The number of allylic oxidation sites excluding steroid dienone is 2. The highest BCUT2D eigenvalue weighted by Crippen LogP contribution is 1.96. The lowest BCUT2D eigenvalue weighted by Crippen LogP contribution is -2.19. The number of carboxylic acid groups (broad SMARTS) is 1. The van der Waals surface area contributed by atoms with Crippen LogP contribution in [0.25, 0.3) is 0 Å². The van der Waals surface area contributed by atoms with Gasteiger partial charge in [-0.15, -0.1) is 0 Å². The number of benzene rings is 1. The van der Waals surface area contributed by atoms with Crippen LogP contribution in [0.1, 0.15) is 10.4 Å². The summed E-state index contributed by atoms with van der Waals surface area (Å²) in [7, 11) is 0. The van der Waals surface area contributed by atoms with Gasteiger partial charge in [-0.1, -0.05) is 18.2 Å². The second-order valence-corrected chi connectivity index (χ2v) is 2.84. The Labute approximate surface area is 92.8 Å². The molecule has 4 N–H and O–H groups in total. The zero-order valence-electron chi connectivity index (χ0n) is 8.46. The zero-order chi connectivity index (χ0) is 11.8. The fourth-order valence-corrected chi connectivity index (χ4v) is 0.899. The molecule has 16 heavy (non-hydrogen) atoms. The minimum atomic E-state index is -0.879. The van der Waals surface area contributed by atoms with Gasteiger partial charge in [-0.25, -0.2) is 10.3 Å². The van der Waals surface area contributed by atoms with E-state index in [9.17, 15) is 4.79 Å². The molecule has 2 rings (SSSR count). The molecule has 0 bridgehead atoms. The average molecular weight is 220 g/mol. The number of nitrogens with two attached hydrogens (primary N) is 1. The molecule has 0 aromatic heterocycles. The fourth-order valence-electron chi connectivity index (χ4n) is 0.899. The van der Waals surface area contributed by atoms with E-state index in [1.165, 1.54) is 6.26 Å². The molecule has 0 fully saturated rings. The smallest absolute Gasteiger partial charge is 0.335 e. The molecule has 0 aliphatic carbocycles. The van der Waals surface area contributed by atoms with E-state index in [0.29, 0.717) is 11.4 Å². The molecular formula is C11H12N2O3. The van der Waals surface area contributed by atoms with Gasteiger partial charge in [0.05, 0.1) is 5.56 Å². The molecule has 1 aliphatic heterocycles. The number of hydrogen-bond donors (Lipinski definition) is 3. The monoisotopic (exact) mass is 220 g/mol. The van der Waals surface area contributed by atoms with Gasteiger partial charge in [-0.3, -0.25) is 0 Å². The van der Waals surface area contributed by atoms with Crippen LogP contribution in [0.15, 0.2) is 54.6 Å². The summed E-state index contributed by atoms with van der Waals surface area (Å²) >= 11 is 0. The SMILES string of the molecule is NC1=CC=CON1.O=C(O)c1ccccc1. The molecule has 1 aromatic rings. The van der Waals surface area contributed by atoms with E-state index in [0.717, 1.165) is 0 Å². The van der Waals surface area contributed by atoms with Gasteiger partial charge < -0.3 is 15.7 Å². The predicted octanol–water partition coefficient (Wildman–Crippen LogP) is 1.22. The van der Waals surface area contributed by atoms with Crippen molar-refractivity contribution in [2.75, 3.05) is 0 Å². The minimum Gasteiger partial charge on any atom is -0.478 e. The first-order valence-electron chi connectivity index (χ1n) is 4.52. The van der Waals surface area contributed by atoms with Gasteiger partial charge in [0.1, 0.15) is 12.1 Å². The summed E-state index contributed by atoms with van der Waals surface area (Å²) in [6.07, 6.45) is 4.94. The van der Waals surface area contributed by atoms with E-state index in [-0.39, 0.29) is 0 Å². The van der Waals surface area contributed by atoms with Crippen molar-refractivity contribution >= 4 is 5.97 Å². The zero-order valence-corrected chi connectivity index (χ0v) is 8.46. The molecule has 84 valence electrons. The maximum absolute atomic E-state index is 10.2. The highest BCUT2D eigenvalue weighted by atomic mass is 16.6. The lowest BCUT2D eigenvalue weighted by molar-refractivity contribution is 0.0697. The third-order valence-corrected chi connectivity index (χ3v) is 1.62. The van der Waals surface area contributed by atoms with Gasteiger partial charge >= 0.3 is 5.97 Å². The number of rotatable bonds is 1. The molecule has 0 amide bonds. The van der Waals surface area contributed by atoms with Crippen LogP contribution >= 0.6 is 0 Å². The highest BCUT2D eigenvalue weighted by molar-refractivity contribution is 5.87. The molecule has 1 heterocycles. The first-order valence-corrected chi connectivity index (χ1v) is 4.52. The maximum atomic E-state index is 10.2. The second-order valence-electron chi connectivity index (χ2n) is 2.84. The molecule has 0 radical (unpaired) electrons. The quantitative estimate of drug-likeness (QED) is 0.662. The van der Waals surface area contributed by atoms with Gasteiger partial charge in [0.15, 0.2) is 0 Å². The molecule has 0 unspecified atom stereocenters. The number of aromatic carboxylic acids is 1. The normalized spacial score (nSPS) is 12.4. The van der Waals surface area contributed by atoms with Crippen LogP contribution in [0.5, 0.6) is 0 Å². The van der Waals surface area contributed by atoms with Crippen LogP contribution in [0.4, 0.5) is 0 Å². The number of hydrogen-bond acceptors (Lipinski definition) is 4. The van der Waals surface area contributed by atoms with Crippen molar-refractivity contribution in [1.82, 2.24) is 5.48 Å². The van der Waals surface area contributed by atoms with Crippen molar-refractivity contribution in [3.8, 4) is 0 Å². The molecular weight excluding hydrogens is 208 g/mol. The summed E-state index contributed by atoms with van der Waals surface area (Å²) in [5.74, 6) is -0.349. The van der Waals surface area contributed by atoms with E-state index >= 15 is 0 Å². The minimum absolute atomic E-state index is 0.331. The van der Waals surface area contributed by atoms with Crippen LogP contribution in [-0.2, 0) is 4.84 Å². The highest BCUT2D eigenvalue weighted by Gasteiger charge is 1.96. The van der Waals surface area contributed by atoms with Crippen LogP contribution in [-0.4, -0.2) is 11.1 Å². The van der Waals surface area contributed by atoms with Crippen molar-refractivity contribution in [2.24, 2.45) is 5.73 Å². The van der Waals surface area contributed by atoms with Crippen LogP contribution < -0.4 is 11.2 Å². The van der Waals surface area contributed by atoms with Gasteiger partial charge in [0, 0.05) is 0 Å². The first kappa shape index (κ1) is 11.6. The molecule has 1 aliphatic rings. The topological polar surface area (TPSA) is 84.6 Å². The third-order valence-electron chi connectivity index (χ3n) is 1.62. The standard InChI is InChI=1S/C7H6O2.C4H6N2O/c8-7(9)6-4-2-1-3-5-6;5-4-2-1-3-7-6-4/h1-5H,(H,8,9);1-3,6H,5H2. The summed E-state index contributed by atoms with van der Waals surface area (Å²) < 4.78 is 0. The van der Waals surface area contributed by atoms with Crippen molar-refractivity contribution < 1.29 is 14.7 Å². The number of carboxylic acids is 1. The molecule has 0 spiro atoms. The summed E-state index contributed by atoms with van der Waals surface area (Å²) in [5.41, 5.74) is 7.97. The molecule has 1 aromatic carbocycles. The van der Waals surface area contributed by atoms with E-state index in [1.807, 2.05) is 0 Å². The Morgan fingerprint density at radius 1 is 1.31 bits per heavy atom. The Bertz CT molecular complexity index is 399. The second kappa shape index (κ2) is 6.13. The number of carbonyl (C=O) groups is 1. The number of nitrogens with one attached hydrogen (secondary N) is 1. The lowest BCUT2D eigenvalue weighted by atomic mass is 10.2. The maximum Gasteiger partial charge on any atom is 0.335 e. The Balaban J connectivity index is 0.000000165. The van der Waals surface area contributed by atoms with Crippen LogP contribution in [0.3, 0.4) is 0 Å². The van der Waals surface area contributed by atoms with Crippen molar-refractivity contribution in [3.05, 3.63) is 60.1 Å². The van der Waals surface area contributed by atoms with Crippen LogP contribution in [0.2, 0.25) is 0 Å². The van der Waals surface area contributed by atoms with Crippen molar-refractivity contribution in [1.29, 1.82) is 0 Å². The van der Waals surface area contributed by atoms with Crippen LogP contribution in [0, 0.1) is 0 Å². The Morgan fingerprint density at radius 3 is 2.31 bits per heavy atom. The van der Waals surface area contributed by atoms with Gasteiger partial charge in [-0.05, 0) is 24.3 Å². The lowest BCUT2D eigenvalue weighted by Gasteiger charge is -2.05. The first-order chi connectivity index (χ1) is 7.70. The Hall–Kier alpha value is -2.43. The Kier molecular flexibility index (Phi) is 4.46. The van der Waals surface area contributed by atoms with Gasteiger partial charge in [0.25, 0.3) is 0 Å². The summed E-state index contributed by atoms with van der Waals surface area (Å²) in [6, 6.07) is 8.30. The third kappa shape index (κ3) is 4.19. The molecule has 0 atom stereocenters. The molecule has 5 nitrogen and oxygen atoms in total. The summed E-state index contributed by atoms with van der Waals surface area (Å²) in [6.45, 7) is 0. The van der Waals surface area contributed by atoms with E-state index < -0.39 is 5.97 Å². The summed E-state index contributed by atoms with van der Waals surface area (Å²) in [5, 5.41) is 8.38. The number of hydroxylamine groups is 1. The fraction of sp³-hybridized carbons (Fsp3) is 0. The van der Waals surface area contributed by atoms with Gasteiger partial charge in [0.2, 0.25) is 0 Å². The largest absolute Gasteiger partial charge is 0.478 e. The summed E-state index contributed by atoms with van der Waals surface area (Å²) in [4.78, 5) is 14.8. The average Bonchev–Trinajstić information content (AvgIpc) is 2.32. The van der Waals surface area contributed by atoms with E-state index in [2.05, 4.69) is 10.3 Å². The van der Waals surface area contributed by atoms with Crippen molar-refractivity contribution in [3.63, 3.8) is 0 Å². The molecule has 0 saturated heterocycles. The van der Waals surface area contributed by atoms with Gasteiger partial charge in [-0.2, -0.15) is 0 Å². The molecule has 0 saturated carbocycles. The molecule has 5 heteroatoms.